The number of carbonyl (C=O) groups is 1. The lowest BCUT2D eigenvalue weighted by Gasteiger charge is -2.12. The zero-order valence-corrected chi connectivity index (χ0v) is 13.3. The van der Waals surface area contributed by atoms with Crippen molar-refractivity contribution in [1.29, 1.82) is 0 Å². The molecule has 0 fully saturated rings. The van der Waals surface area contributed by atoms with Crippen molar-refractivity contribution in [2.24, 2.45) is 0 Å². The molecule has 1 heterocycles. The number of hydrogen-bond acceptors (Lipinski definition) is 4. The van der Waals surface area contributed by atoms with E-state index in [-0.39, 0.29) is 5.91 Å². The van der Waals surface area contributed by atoms with Gasteiger partial charge in [0.05, 0.1) is 18.0 Å². The summed E-state index contributed by atoms with van der Waals surface area (Å²) in [4.78, 5) is 15.5. The maximum absolute atomic E-state index is 12.4. The van der Waals surface area contributed by atoms with E-state index in [0.29, 0.717) is 36.0 Å². The molecule has 2 aromatic carbocycles. The molecule has 0 aliphatic heterocycles. The Kier molecular flexibility index (Phi) is 4.67. The van der Waals surface area contributed by atoms with Gasteiger partial charge in [0.25, 0.3) is 5.91 Å². The molecule has 0 aliphatic rings. The summed E-state index contributed by atoms with van der Waals surface area (Å²) in [6.07, 6.45) is 0. The molecule has 0 atom stereocenters. The van der Waals surface area contributed by atoms with E-state index >= 15 is 0 Å². The van der Waals surface area contributed by atoms with E-state index in [4.69, 9.17) is 15.2 Å². The zero-order valence-electron chi connectivity index (χ0n) is 13.3. The first kappa shape index (κ1) is 15.9. The monoisotopic (exact) mass is 325 g/mol. The molecule has 4 N–H and O–H groups in total. The van der Waals surface area contributed by atoms with Crippen LogP contribution >= 0.6 is 0 Å². The van der Waals surface area contributed by atoms with Crippen LogP contribution in [0.2, 0.25) is 0 Å². The summed E-state index contributed by atoms with van der Waals surface area (Å²) in [7, 11) is 1.60. The second-order valence-electron chi connectivity index (χ2n) is 5.28. The fourth-order valence-electron chi connectivity index (χ4n) is 2.40. The highest BCUT2D eigenvalue weighted by Gasteiger charge is 2.13. The number of hydrogen-bond donors (Lipinski definition) is 3. The van der Waals surface area contributed by atoms with Gasteiger partial charge in [0, 0.05) is 18.0 Å². The van der Waals surface area contributed by atoms with Crippen molar-refractivity contribution in [3.8, 4) is 5.75 Å². The summed E-state index contributed by atoms with van der Waals surface area (Å²) in [5.41, 5.74) is 8.35. The predicted molar refractivity (Wildman–Crippen MR) is 94.5 cm³/mol. The standard InChI is InChI=1S/C18H19N3O3/c1-23-9-10-24-16-8-4-7-14(17(16)19)21-18(22)15-11-12-5-2-3-6-13(12)20-15/h2-8,11,20H,9-10,19H2,1H3,(H,21,22). The Morgan fingerprint density at radius 3 is 2.79 bits per heavy atom. The molecule has 0 bridgehead atoms. The smallest absolute Gasteiger partial charge is 0.272 e. The fraction of sp³-hybridized carbons (Fsp3) is 0.167. The van der Waals surface area contributed by atoms with Crippen LogP contribution in [0.5, 0.6) is 5.75 Å². The lowest BCUT2D eigenvalue weighted by Crippen LogP contribution is -2.14. The lowest BCUT2D eigenvalue weighted by atomic mass is 10.2. The van der Waals surface area contributed by atoms with Gasteiger partial charge in [-0.2, -0.15) is 0 Å². The van der Waals surface area contributed by atoms with Crippen LogP contribution in [0.3, 0.4) is 0 Å². The van der Waals surface area contributed by atoms with Crippen LogP contribution in [-0.4, -0.2) is 31.2 Å². The molecule has 1 aromatic heterocycles. The Labute approximate surface area is 139 Å². The topological polar surface area (TPSA) is 89.4 Å². The largest absolute Gasteiger partial charge is 0.489 e. The van der Waals surface area contributed by atoms with Crippen molar-refractivity contribution in [2.45, 2.75) is 0 Å². The van der Waals surface area contributed by atoms with Gasteiger partial charge in [0.2, 0.25) is 0 Å². The van der Waals surface area contributed by atoms with Gasteiger partial charge in [0.15, 0.2) is 0 Å². The molecule has 0 saturated carbocycles. The molecule has 24 heavy (non-hydrogen) atoms. The highest BCUT2D eigenvalue weighted by Crippen LogP contribution is 2.29. The number of nitrogen functional groups attached to an aromatic ring is 1. The van der Waals surface area contributed by atoms with Crippen LogP contribution in [0.15, 0.2) is 48.5 Å². The van der Waals surface area contributed by atoms with Crippen molar-refractivity contribution in [3.05, 3.63) is 54.2 Å². The lowest BCUT2D eigenvalue weighted by molar-refractivity contribution is 0.102. The number of anilines is 2. The molecule has 3 aromatic rings. The maximum Gasteiger partial charge on any atom is 0.272 e. The summed E-state index contributed by atoms with van der Waals surface area (Å²) in [5.74, 6) is 0.258. The minimum atomic E-state index is -0.257. The molecule has 6 nitrogen and oxygen atoms in total. The number of amides is 1. The normalized spacial score (nSPS) is 10.7. The van der Waals surface area contributed by atoms with Crippen molar-refractivity contribution in [2.75, 3.05) is 31.4 Å². The number of aromatic nitrogens is 1. The molecule has 0 aliphatic carbocycles. The van der Waals surface area contributed by atoms with E-state index in [2.05, 4.69) is 10.3 Å². The predicted octanol–water partition coefficient (Wildman–Crippen LogP) is 3.03. The van der Waals surface area contributed by atoms with Crippen molar-refractivity contribution in [1.82, 2.24) is 4.98 Å². The highest BCUT2D eigenvalue weighted by molar-refractivity contribution is 6.07. The number of ether oxygens (including phenoxy) is 2. The number of aromatic amines is 1. The van der Waals surface area contributed by atoms with Gasteiger partial charge in [-0.25, -0.2) is 0 Å². The third-order valence-corrected chi connectivity index (χ3v) is 3.63. The summed E-state index contributed by atoms with van der Waals surface area (Å²) in [5, 5.41) is 3.79. The zero-order chi connectivity index (χ0) is 16.9. The average Bonchev–Trinajstić information content (AvgIpc) is 3.02. The van der Waals surface area contributed by atoms with E-state index < -0.39 is 0 Å². The number of carbonyl (C=O) groups excluding carboxylic acids is 1. The minimum Gasteiger partial charge on any atom is -0.489 e. The number of rotatable bonds is 6. The summed E-state index contributed by atoms with van der Waals surface area (Å²) in [6, 6.07) is 14.8. The number of H-pyrrole nitrogens is 1. The molecule has 0 unspecified atom stereocenters. The van der Waals surface area contributed by atoms with Crippen LogP contribution in [-0.2, 0) is 4.74 Å². The summed E-state index contributed by atoms with van der Waals surface area (Å²) < 4.78 is 10.5. The van der Waals surface area contributed by atoms with E-state index in [9.17, 15) is 4.79 Å². The first-order chi connectivity index (χ1) is 11.7. The van der Waals surface area contributed by atoms with Gasteiger partial charge in [0.1, 0.15) is 18.1 Å². The third-order valence-electron chi connectivity index (χ3n) is 3.63. The maximum atomic E-state index is 12.4. The SMILES string of the molecule is COCCOc1cccc(NC(=O)c2cc3ccccc3[nH]2)c1N. The molecule has 124 valence electrons. The number of nitrogens with one attached hydrogen (secondary N) is 2. The fourth-order valence-corrected chi connectivity index (χ4v) is 2.40. The second kappa shape index (κ2) is 7.06. The Balaban J connectivity index is 1.77. The van der Waals surface area contributed by atoms with Crippen LogP contribution < -0.4 is 15.8 Å². The molecular weight excluding hydrogens is 306 g/mol. The quantitative estimate of drug-likeness (QED) is 0.480. The van der Waals surface area contributed by atoms with Gasteiger partial charge < -0.3 is 25.5 Å². The Hall–Kier alpha value is -2.99. The van der Waals surface area contributed by atoms with E-state index in [1.165, 1.54) is 0 Å². The first-order valence-electron chi connectivity index (χ1n) is 7.58. The Bertz CT molecular complexity index is 825. The number of fused-ring (bicyclic) bond motifs is 1. The van der Waals surface area contributed by atoms with Gasteiger partial charge >= 0.3 is 0 Å². The molecular formula is C18H19N3O3. The molecule has 6 heteroatoms. The average molecular weight is 325 g/mol. The van der Waals surface area contributed by atoms with Crippen LogP contribution in [0.1, 0.15) is 10.5 Å². The van der Waals surface area contributed by atoms with Crippen LogP contribution in [0.25, 0.3) is 10.9 Å². The van der Waals surface area contributed by atoms with Gasteiger partial charge in [-0.3, -0.25) is 4.79 Å². The van der Waals surface area contributed by atoms with Gasteiger partial charge in [-0.15, -0.1) is 0 Å². The molecule has 3 rings (SSSR count). The van der Waals surface area contributed by atoms with E-state index in [0.717, 1.165) is 10.9 Å². The van der Waals surface area contributed by atoms with Crippen molar-refractivity contribution < 1.29 is 14.3 Å². The molecule has 0 saturated heterocycles. The Morgan fingerprint density at radius 2 is 2.00 bits per heavy atom. The number of nitrogens with two attached hydrogens (primary N) is 1. The van der Waals surface area contributed by atoms with Crippen LogP contribution in [0, 0.1) is 0 Å². The third kappa shape index (κ3) is 3.33. The number of benzene rings is 2. The van der Waals surface area contributed by atoms with Crippen molar-refractivity contribution in [3.63, 3.8) is 0 Å². The second-order valence-corrected chi connectivity index (χ2v) is 5.28. The molecule has 0 spiro atoms. The Morgan fingerprint density at radius 1 is 1.17 bits per heavy atom. The summed E-state index contributed by atoms with van der Waals surface area (Å²) >= 11 is 0. The van der Waals surface area contributed by atoms with Crippen molar-refractivity contribution >= 4 is 28.2 Å². The van der Waals surface area contributed by atoms with Gasteiger partial charge in [-0.05, 0) is 24.3 Å². The van der Waals surface area contributed by atoms with E-state index in [1.54, 1.807) is 31.4 Å². The summed E-state index contributed by atoms with van der Waals surface area (Å²) in [6.45, 7) is 0.852. The molecule has 1 amide bonds. The highest BCUT2D eigenvalue weighted by atomic mass is 16.5. The van der Waals surface area contributed by atoms with Gasteiger partial charge in [-0.1, -0.05) is 24.3 Å². The minimum absolute atomic E-state index is 0.257. The van der Waals surface area contributed by atoms with E-state index in [1.807, 2.05) is 24.3 Å². The molecule has 0 radical (unpaired) electrons. The first-order valence-corrected chi connectivity index (χ1v) is 7.58. The number of methoxy groups -OCH3 is 1. The van der Waals surface area contributed by atoms with Crippen LogP contribution in [0.4, 0.5) is 11.4 Å². The number of para-hydroxylation sites is 2.